The van der Waals surface area contributed by atoms with Crippen molar-refractivity contribution in [2.24, 2.45) is 0 Å². The molecule has 1 rings (SSSR count). The summed E-state index contributed by atoms with van der Waals surface area (Å²) in [5.41, 5.74) is 0. The summed E-state index contributed by atoms with van der Waals surface area (Å²) in [4.78, 5) is 0.941. The largest absolute Gasteiger partial charge is 2.00 e. The van der Waals surface area contributed by atoms with Crippen molar-refractivity contribution in [3.8, 4) is 0 Å². The molecule has 10 heavy (non-hydrogen) atoms. The van der Waals surface area contributed by atoms with Crippen molar-refractivity contribution < 1.29 is 23.9 Å². The number of rotatable bonds is 0. The molecule has 0 heterocycles. The van der Waals surface area contributed by atoms with Crippen LogP contribution in [0.5, 0.6) is 0 Å². The van der Waals surface area contributed by atoms with Crippen LogP contribution in [0.3, 0.4) is 0 Å². The van der Waals surface area contributed by atoms with Crippen molar-refractivity contribution in [3.05, 3.63) is 24.0 Å². The molecule has 4 heteroatoms. The first kappa shape index (κ1) is 10.2. The van der Waals surface area contributed by atoms with Gasteiger partial charge in [-0.15, -0.1) is 0 Å². The first-order valence-corrected chi connectivity index (χ1v) is 3.15. The van der Waals surface area contributed by atoms with Gasteiger partial charge in [-0.25, -0.2) is 4.39 Å². The quantitative estimate of drug-likeness (QED) is 0.484. The molecule has 0 amide bonds. The van der Waals surface area contributed by atoms with Crippen LogP contribution >= 0.6 is 0 Å². The molecule has 0 radical (unpaired) electrons. The van der Waals surface area contributed by atoms with Gasteiger partial charge in [-0.2, -0.15) is 9.79 Å². The van der Waals surface area contributed by atoms with E-state index >= 15 is 0 Å². The summed E-state index contributed by atoms with van der Waals surface area (Å²) in [6.07, 6.45) is 0. The van der Waals surface area contributed by atoms with E-state index in [4.69, 9.17) is 25.3 Å². The molecule has 1 aromatic carbocycles. The molecule has 0 unspecified atom stereocenters. The van der Waals surface area contributed by atoms with Crippen LogP contribution in [-0.2, 0) is 44.7 Å². The van der Waals surface area contributed by atoms with Crippen molar-refractivity contribution in [1.29, 1.82) is 0 Å². The molecule has 0 bridgehead atoms. The molecular formula is C6H3FS2Zn. The Morgan fingerprint density at radius 1 is 1.10 bits per heavy atom. The third kappa shape index (κ3) is 2.45. The Morgan fingerprint density at radius 3 is 2.10 bits per heavy atom. The molecular weight excluding hydrogens is 221 g/mol. The predicted octanol–water partition coefficient (Wildman–Crippen LogP) is 1.63. The van der Waals surface area contributed by atoms with Gasteiger partial charge >= 0.3 is 19.5 Å². The zero-order chi connectivity index (χ0) is 6.85. The van der Waals surface area contributed by atoms with Gasteiger partial charge in [-0.05, 0) is 12.1 Å². The Labute approximate surface area is 82.8 Å². The van der Waals surface area contributed by atoms with Gasteiger partial charge in [-0.3, -0.25) is 0 Å². The van der Waals surface area contributed by atoms with E-state index < -0.39 is 0 Å². The van der Waals surface area contributed by atoms with Crippen molar-refractivity contribution in [1.82, 2.24) is 0 Å². The van der Waals surface area contributed by atoms with Crippen LogP contribution in [0, 0.1) is 5.82 Å². The van der Waals surface area contributed by atoms with E-state index in [-0.39, 0.29) is 25.3 Å². The molecule has 0 nitrogen and oxygen atoms in total. The van der Waals surface area contributed by atoms with Gasteiger partial charge in [0.1, 0.15) is 5.82 Å². The first-order chi connectivity index (χ1) is 4.20. The van der Waals surface area contributed by atoms with Crippen molar-refractivity contribution in [3.63, 3.8) is 0 Å². The van der Waals surface area contributed by atoms with Crippen molar-refractivity contribution in [2.45, 2.75) is 9.79 Å². The minimum absolute atomic E-state index is 0. The molecule has 0 saturated carbocycles. The van der Waals surface area contributed by atoms with Gasteiger partial charge in [0.25, 0.3) is 0 Å². The smallest absolute Gasteiger partial charge is 0.781 e. The molecule has 0 aliphatic heterocycles. The average Bonchev–Trinajstić information content (AvgIpc) is 1.80. The minimum Gasteiger partial charge on any atom is -0.781 e. The molecule has 0 aliphatic carbocycles. The maximum atomic E-state index is 12.2. The molecule has 0 atom stereocenters. The summed E-state index contributed by atoms with van der Waals surface area (Å²) in [7, 11) is 0. The topological polar surface area (TPSA) is 0 Å². The Hall–Kier alpha value is 0.213. The fourth-order valence-electron chi connectivity index (χ4n) is 0.482. The first-order valence-electron chi connectivity index (χ1n) is 2.34. The van der Waals surface area contributed by atoms with E-state index in [9.17, 15) is 4.39 Å². The monoisotopic (exact) mass is 222 g/mol. The van der Waals surface area contributed by atoms with Gasteiger partial charge in [0.2, 0.25) is 0 Å². The minimum atomic E-state index is -0.325. The molecule has 0 N–H and O–H groups in total. The van der Waals surface area contributed by atoms with Gasteiger partial charge in [0.05, 0.1) is 0 Å². The molecule has 0 saturated heterocycles. The SMILES string of the molecule is Fc1ccc([S-])c([S-])c1.[Zn+2]. The van der Waals surface area contributed by atoms with Crippen LogP contribution in [-0.4, -0.2) is 0 Å². The van der Waals surface area contributed by atoms with Gasteiger partial charge < -0.3 is 25.3 Å². The predicted molar refractivity (Wildman–Crippen MR) is 37.7 cm³/mol. The van der Waals surface area contributed by atoms with Crippen LogP contribution in [0.2, 0.25) is 0 Å². The zero-order valence-corrected chi connectivity index (χ0v) is 9.73. The number of hydrogen-bond donors (Lipinski definition) is 0. The van der Waals surface area contributed by atoms with E-state index in [2.05, 4.69) is 0 Å². The third-order valence-corrected chi connectivity index (χ3v) is 1.73. The van der Waals surface area contributed by atoms with Crippen LogP contribution in [0.4, 0.5) is 4.39 Å². The second-order valence-electron chi connectivity index (χ2n) is 1.59. The Morgan fingerprint density at radius 2 is 1.70 bits per heavy atom. The van der Waals surface area contributed by atoms with E-state index in [1.807, 2.05) is 0 Å². The summed E-state index contributed by atoms with van der Waals surface area (Å²) in [5.74, 6) is -0.325. The molecule has 48 valence electrons. The van der Waals surface area contributed by atoms with E-state index in [1.54, 1.807) is 0 Å². The van der Waals surface area contributed by atoms with E-state index in [1.165, 1.54) is 18.2 Å². The normalized spacial score (nSPS) is 8.50. The second kappa shape index (κ2) is 4.17. The molecule has 0 aliphatic rings. The average molecular weight is 224 g/mol. The standard InChI is InChI=1S/C6H5FS2.Zn/c7-4-1-2-5(8)6(9)3-4;/h1-3,8-9H;/q;+2/p-2. The van der Waals surface area contributed by atoms with Gasteiger partial charge in [-0.1, -0.05) is 6.07 Å². The molecule has 0 aromatic heterocycles. The molecule has 1 aromatic rings. The Bertz CT molecular complexity index is 227. The van der Waals surface area contributed by atoms with Crippen LogP contribution in [0.1, 0.15) is 0 Å². The summed E-state index contributed by atoms with van der Waals surface area (Å²) >= 11 is 9.44. The van der Waals surface area contributed by atoms with E-state index in [0.717, 1.165) is 0 Å². The fraction of sp³-hybridized carbons (Fsp3) is 0. The van der Waals surface area contributed by atoms with E-state index in [0.29, 0.717) is 9.79 Å². The van der Waals surface area contributed by atoms with Gasteiger partial charge in [0, 0.05) is 0 Å². The maximum absolute atomic E-state index is 12.2. The zero-order valence-electron chi connectivity index (χ0n) is 5.13. The van der Waals surface area contributed by atoms with Crippen LogP contribution in [0.15, 0.2) is 28.0 Å². The van der Waals surface area contributed by atoms with Crippen molar-refractivity contribution >= 4 is 25.3 Å². The summed E-state index contributed by atoms with van der Waals surface area (Å²) in [5, 5.41) is 0. The summed E-state index contributed by atoms with van der Waals surface area (Å²) in [6, 6.07) is 4.04. The Kier molecular flexibility index (Phi) is 4.26. The molecule has 0 fully saturated rings. The van der Waals surface area contributed by atoms with Gasteiger partial charge in [0.15, 0.2) is 0 Å². The third-order valence-electron chi connectivity index (χ3n) is 0.906. The Balaban J connectivity index is 0.000000810. The number of halogens is 1. The van der Waals surface area contributed by atoms with Crippen LogP contribution in [0.25, 0.3) is 0 Å². The summed E-state index contributed by atoms with van der Waals surface area (Å²) < 4.78 is 12.2. The van der Waals surface area contributed by atoms with Crippen molar-refractivity contribution in [2.75, 3.05) is 0 Å². The number of benzene rings is 1. The second-order valence-corrected chi connectivity index (χ2v) is 2.47. The maximum Gasteiger partial charge on any atom is 2.00 e. The molecule has 0 spiro atoms. The summed E-state index contributed by atoms with van der Waals surface area (Å²) in [6.45, 7) is 0. The fourth-order valence-corrected chi connectivity index (χ4v) is 0.790. The number of hydrogen-bond acceptors (Lipinski definition) is 2. The van der Waals surface area contributed by atoms with Crippen LogP contribution < -0.4 is 0 Å².